The highest BCUT2D eigenvalue weighted by Crippen LogP contribution is 2.21. The summed E-state index contributed by atoms with van der Waals surface area (Å²) in [6.45, 7) is 8.70. The maximum absolute atomic E-state index is 4.56. The van der Waals surface area contributed by atoms with Crippen molar-refractivity contribution in [2.75, 3.05) is 23.3 Å². The third kappa shape index (κ3) is 3.31. The Hall–Kier alpha value is -1.39. The number of nitrogens with zero attached hydrogens (tertiary/aromatic N) is 4. The van der Waals surface area contributed by atoms with E-state index in [1.54, 1.807) is 6.20 Å². The Kier molecular flexibility index (Phi) is 4.33. The SMILES string of the molecule is CCC(C)Nc1nncc(N2CCCC(C)C2)n1. The average Bonchev–Trinajstić information content (AvgIpc) is 2.39. The first-order chi connectivity index (χ1) is 8.69. The summed E-state index contributed by atoms with van der Waals surface area (Å²) in [6.07, 6.45) is 5.36. The molecule has 1 aromatic heterocycles. The fourth-order valence-electron chi connectivity index (χ4n) is 2.23. The number of hydrogen-bond donors (Lipinski definition) is 1. The molecule has 2 atom stereocenters. The minimum Gasteiger partial charge on any atom is -0.355 e. The van der Waals surface area contributed by atoms with E-state index in [4.69, 9.17) is 0 Å². The molecule has 1 N–H and O–H groups in total. The molecular formula is C13H23N5. The first-order valence-corrected chi connectivity index (χ1v) is 6.90. The van der Waals surface area contributed by atoms with Crippen LogP contribution in [-0.4, -0.2) is 34.3 Å². The zero-order valence-electron chi connectivity index (χ0n) is 11.6. The molecule has 0 aromatic carbocycles. The van der Waals surface area contributed by atoms with Gasteiger partial charge in [-0.1, -0.05) is 13.8 Å². The van der Waals surface area contributed by atoms with Crippen molar-refractivity contribution < 1.29 is 0 Å². The van der Waals surface area contributed by atoms with E-state index in [2.05, 4.69) is 46.2 Å². The van der Waals surface area contributed by atoms with Crippen molar-refractivity contribution in [1.29, 1.82) is 0 Å². The lowest BCUT2D eigenvalue weighted by atomic mass is 10.0. The van der Waals surface area contributed by atoms with E-state index in [0.717, 1.165) is 31.2 Å². The number of nitrogens with one attached hydrogen (secondary N) is 1. The molecule has 0 bridgehead atoms. The maximum atomic E-state index is 4.56. The van der Waals surface area contributed by atoms with Gasteiger partial charge in [-0.2, -0.15) is 10.1 Å². The van der Waals surface area contributed by atoms with E-state index in [0.29, 0.717) is 12.0 Å². The van der Waals surface area contributed by atoms with Crippen molar-refractivity contribution in [3.8, 4) is 0 Å². The number of piperidine rings is 1. The number of anilines is 2. The lowest BCUT2D eigenvalue weighted by molar-refractivity contribution is 0.444. The predicted molar refractivity (Wildman–Crippen MR) is 73.8 cm³/mol. The summed E-state index contributed by atoms with van der Waals surface area (Å²) in [5.41, 5.74) is 0. The second-order valence-corrected chi connectivity index (χ2v) is 5.29. The predicted octanol–water partition coefficient (Wildman–Crippen LogP) is 2.32. The quantitative estimate of drug-likeness (QED) is 0.887. The molecule has 0 saturated carbocycles. The van der Waals surface area contributed by atoms with Crippen LogP contribution < -0.4 is 10.2 Å². The standard InChI is InChI=1S/C13H23N5/c1-4-11(3)15-13-16-12(8-14-17-13)18-7-5-6-10(2)9-18/h8,10-11H,4-7,9H2,1-3H3,(H,15,16,17). The molecule has 0 amide bonds. The highest BCUT2D eigenvalue weighted by atomic mass is 15.3. The van der Waals surface area contributed by atoms with Crippen molar-refractivity contribution in [2.45, 2.75) is 46.1 Å². The molecule has 2 rings (SSSR count). The van der Waals surface area contributed by atoms with Crippen LogP contribution in [0.4, 0.5) is 11.8 Å². The van der Waals surface area contributed by atoms with E-state index in [1.807, 2.05) is 0 Å². The zero-order chi connectivity index (χ0) is 13.0. The summed E-state index contributed by atoms with van der Waals surface area (Å²) in [6, 6.07) is 0.377. The molecule has 1 saturated heterocycles. The van der Waals surface area contributed by atoms with Crippen molar-refractivity contribution in [3.05, 3.63) is 6.20 Å². The molecule has 1 aliphatic heterocycles. The van der Waals surface area contributed by atoms with Gasteiger partial charge in [-0.25, -0.2) is 0 Å². The van der Waals surface area contributed by atoms with Gasteiger partial charge in [0.2, 0.25) is 5.95 Å². The molecule has 2 unspecified atom stereocenters. The van der Waals surface area contributed by atoms with Gasteiger partial charge in [-0.05, 0) is 32.1 Å². The molecular weight excluding hydrogens is 226 g/mol. The highest BCUT2D eigenvalue weighted by Gasteiger charge is 2.18. The number of hydrogen-bond acceptors (Lipinski definition) is 5. The van der Waals surface area contributed by atoms with E-state index in [1.165, 1.54) is 12.8 Å². The van der Waals surface area contributed by atoms with Crippen molar-refractivity contribution in [1.82, 2.24) is 15.2 Å². The number of rotatable bonds is 4. The van der Waals surface area contributed by atoms with Crippen LogP contribution in [0.5, 0.6) is 0 Å². The van der Waals surface area contributed by atoms with E-state index in [-0.39, 0.29) is 0 Å². The summed E-state index contributed by atoms with van der Waals surface area (Å²) in [4.78, 5) is 6.87. The van der Waals surface area contributed by atoms with Crippen LogP contribution in [0.15, 0.2) is 6.20 Å². The second kappa shape index (κ2) is 5.98. The molecule has 18 heavy (non-hydrogen) atoms. The Balaban J connectivity index is 2.06. The smallest absolute Gasteiger partial charge is 0.244 e. The topological polar surface area (TPSA) is 53.9 Å². The summed E-state index contributed by atoms with van der Waals surface area (Å²) in [5.74, 6) is 2.32. The molecule has 0 aliphatic carbocycles. The van der Waals surface area contributed by atoms with E-state index in [9.17, 15) is 0 Å². The number of aromatic nitrogens is 3. The van der Waals surface area contributed by atoms with Gasteiger partial charge in [0.15, 0.2) is 5.82 Å². The molecule has 5 nitrogen and oxygen atoms in total. The van der Waals surface area contributed by atoms with Crippen molar-refractivity contribution in [2.24, 2.45) is 5.92 Å². The molecule has 0 spiro atoms. The van der Waals surface area contributed by atoms with Gasteiger partial charge in [0.1, 0.15) is 0 Å². The Labute approximate surface area is 109 Å². The molecule has 100 valence electrons. The van der Waals surface area contributed by atoms with Crippen molar-refractivity contribution >= 4 is 11.8 Å². The van der Waals surface area contributed by atoms with Crippen LogP contribution in [0.3, 0.4) is 0 Å². The molecule has 1 aliphatic rings. The van der Waals surface area contributed by atoms with Crippen LogP contribution in [-0.2, 0) is 0 Å². The summed E-state index contributed by atoms with van der Waals surface area (Å²) in [7, 11) is 0. The fourth-order valence-corrected chi connectivity index (χ4v) is 2.23. The zero-order valence-corrected chi connectivity index (χ0v) is 11.6. The van der Waals surface area contributed by atoms with Gasteiger partial charge in [-0.15, -0.1) is 5.10 Å². The Morgan fingerprint density at radius 2 is 2.39 bits per heavy atom. The third-order valence-corrected chi connectivity index (χ3v) is 3.51. The van der Waals surface area contributed by atoms with Gasteiger partial charge in [-0.3, -0.25) is 0 Å². The third-order valence-electron chi connectivity index (χ3n) is 3.51. The molecule has 0 radical (unpaired) electrons. The van der Waals surface area contributed by atoms with Gasteiger partial charge in [0, 0.05) is 19.1 Å². The molecule has 2 heterocycles. The van der Waals surface area contributed by atoms with Gasteiger partial charge < -0.3 is 10.2 Å². The lowest BCUT2D eigenvalue weighted by Gasteiger charge is -2.31. The molecule has 5 heteroatoms. The first-order valence-electron chi connectivity index (χ1n) is 6.90. The van der Waals surface area contributed by atoms with Gasteiger partial charge >= 0.3 is 0 Å². The monoisotopic (exact) mass is 249 g/mol. The average molecular weight is 249 g/mol. The van der Waals surface area contributed by atoms with Crippen molar-refractivity contribution in [3.63, 3.8) is 0 Å². The minimum absolute atomic E-state index is 0.377. The van der Waals surface area contributed by atoms with Crippen LogP contribution in [0.2, 0.25) is 0 Å². The van der Waals surface area contributed by atoms with Crippen LogP contribution >= 0.6 is 0 Å². The minimum atomic E-state index is 0.377. The molecule has 1 fully saturated rings. The fraction of sp³-hybridized carbons (Fsp3) is 0.769. The maximum Gasteiger partial charge on any atom is 0.244 e. The van der Waals surface area contributed by atoms with Crippen LogP contribution in [0, 0.1) is 5.92 Å². The highest BCUT2D eigenvalue weighted by molar-refractivity contribution is 5.40. The summed E-state index contributed by atoms with van der Waals surface area (Å²) in [5, 5.41) is 11.4. The van der Waals surface area contributed by atoms with E-state index >= 15 is 0 Å². The second-order valence-electron chi connectivity index (χ2n) is 5.29. The Morgan fingerprint density at radius 3 is 3.11 bits per heavy atom. The van der Waals surface area contributed by atoms with E-state index < -0.39 is 0 Å². The Bertz CT molecular complexity index is 381. The van der Waals surface area contributed by atoms with Gasteiger partial charge in [0.25, 0.3) is 0 Å². The van der Waals surface area contributed by atoms with Crippen LogP contribution in [0.25, 0.3) is 0 Å². The lowest BCUT2D eigenvalue weighted by Crippen LogP contribution is -2.35. The Morgan fingerprint density at radius 1 is 1.56 bits per heavy atom. The van der Waals surface area contributed by atoms with Crippen LogP contribution in [0.1, 0.15) is 40.0 Å². The summed E-state index contributed by atoms with van der Waals surface area (Å²) < 4.78 is 0. The van der Waals surface area contributed by atoms with Gasteiger partial charge in [0.05, 0.1) is 6.20 Å². The largest absolute Gasteiger partial charge is 0.355 e. The molecule has 1 aromatic rings. The first kappa shape index (κ1) is 13.1. The summed E-state index contributed by atoms with van der Waals surface area (Å²) >= 11 is 0. The normalized spacial score (nSPS) is 21.7.